The van der Waals surface area contributed by atoms with Gasteiger partial charge in [0.2, 0.25) is 11.9 Å². The molecule has 0 unspecified atom stereocenters. The molecule has 2 atom stereocenters. The summed E-state index contributed by atoms with van der Waals surface area (Å²) >= 11 is 0. The van der Waals surface area contributed by atoms with Crippen molar-refractivity contribution in [3.05, 3.63) is 54.9 Å². The van der Waals surface area contributed by atoms with Crippen LogP contribution in [0.15, 0.2) is 49.3 Å². The van der Waals surface area contributed by atoms with Crippen molar-refractivity contribution in [2.45, 2.75) is 63.6 Å². The van der Waals surface area contributed by atoms with Gasteiger partial charge in [-0.25, -0.2) is 18.4 Å². The lowest BCUT2D eigenvalue weighted by Crippen LogP contribution is -2.66. The zero-order valence-electron chi connectivity index (χ0n) is 26.5. The average molecular weight is 634 g/mol. The van der Waals surface area contributed by atoms with Crippen molar-refractivity contribution in [2.24, 2.45) is 5.92 Å². The zero-order chi connectivity index (χ0) is 32.1. The number of anilines is 4. The summed E-state index contributed by atoms with van der Waals surface area (Å²) in [5, 5.41) is 15.6. The van der Waals surface area contributed by atoms with Crippen LogP contribution in [0.2, 0.25) is 0 Å². The van der Waals surface area contributed by atoms with Crippen molar-refractivity contribution >= 4 is 49.8 Å². The van der Waals surface area contributed by atoms with E-state index in [0.29, 0.717) is 56.6 Å². The predicted octanol–water partition coefficient (Wildman–Crippen LogP) is 4.23. The number of likely N-dealkylation sites (tertiary alicyclic amines) is 1. The largest absolute Gasteiger partial charge is 0.390 e. The van der Waals surface area contributed by atoms with Crippen LogP contribution in [0.5, 0.6) is 0 Å². The number of carbonyl (C=O) groups excluding carboxylic acids is 1. The SMILES string of the molecule is C=CC(=O)N1CCC[C@H]1c1ccc(N2C[C@H](CS(C)(=O)=O)C2(C)C)c2cnc(Nc3ccnc(N4CCC(C)(O)CC4)n3)cc12. The molecule has 3 aliphatic heterocycles. The van der Waals surface area contributed by atoms with E-state index in [1.807, 2.05) is 24.1 Å². The fourth-order valence-corrected chi connectivity index (χ4v) is 8.26. The predicted molar refractivity (Wildman–Crippen MR) is 178 cm³/mol. The molecule has 2 N–H and O–H groups in total. The minimum Gasteiger partial charge on any atom is -0.390 e. The Morgan fingerprint density at radius 3 is 2.56 bits per heavy atom. The van der Waals surface area contributed by atoms with Gasteiger partial charge < -0.3 is 25.1 Å². The minimum atomic E-state index is -3.11. The molecular formula is C33H43N7O4S. The van der Waals surface area contributed by atoms with Gasteiger partial charge >= 0.3 is 0 Å². The fourth-order valence-electron chi connectivity index (χ4n) is 7.02. The second-order valence-electron chi connectivity index (χ2n) is 13.6. The number of aliphatic hydroxyl groups is 1. The van der Waals surface area contributed by atoms with Crippen molar-refractivity contribution < 1.29 is 18.3 Å². The lowest BCUT2D eigenvalue weighted by molar-refractivity contribution is -0.126. The van der Waals surface area contributed by atoms with Gasteiger partial charge in [-0.05, 0) is 81.7 Å². The highest BCUT2D eigenvalue weighted by molar-refractivity contribution is 7.90. The number of hydrogen-bond acceptors (Lipinski definition) is 10. The number of rotatable bonds is 8. The van der Waals surface area contributed by atoms with Crippen molar-refractivity contribution in [3.63, 3.8) is 0 Å². The molecule has 3 fully saturated rings. The molecule has 11 nitrogen and oxygen atoms in total. The second kappa shape index (κ2) is 11.5. The van der Waals surface area contributed by atoms with Crippen LogP contribution in [0, 0.1) is 5.92 Å². The first-order valence-electron chi connectivity index (χ1n) is 15.6. The van der Waals surface area contributed by atoms with E-state index in [1.54, 1.807) is 12.3 Å². The van der Waals surface area contributed by atoms with E-state index >= 15 is 0 Å². The van der Waals surface area contributed by atoms with Crippen LogP contribution in [0.25, 0.3) is 10.8 Å². The number of nitrogens with one attached hydrogen (secondary N) is 1. The molecule has 0 saturated carbocycles. The van der Waals surface area contributed by atoms with Crippen molar-refractivity contribution in [1.29, 1.82) is 0 Å². The molecule has 6 rings (SSSR count). The Balaban J connectivity index is 1.35. The number of aromatic nitrogens is 3. The smallest absolute Gasteiger partial charge is 0.246 e. The Bertz CT molecular complexity index is 1730. The monoisotopic (exact) mass is 633 g/mol. The van der Waals surface area contributed by atoms with Crippen LogP contribution in [0.3, 0.4) is 0 Å². The quantitative estimate of drug-likeness (QED) is 0.348. The molecular weight excluding hydrogens is 590 g/mol. The van der Waals surface area contributed by atoms with Gasteiger partial charge in [-0.3, -0.25) is 4.79 Å². The van der Waals surface area contributed by atoms with Crippen LogP contribution in [0.4, 0.5) is 23.3 Å². The molecule has 0 radical (unpaired) electrons. The molecule has 3 aliphatic rings. The van der Waals surface area contributed by atoms with E-state index in [-0.39, 0.29) is 29.2 Å². The van der Waals surface area contributed by atoms with E-state index in [0.717, 1.165) is 34.9 Å². The molecule has 45 heavy (non-hydrogen) atoms. The van der Waals surface area contributed by atoms with Crippen LogP contribution < -0.4 is 15.1 Å². The molecule has 240 valence electrons. The normalized spacial score (nSPS) is 22.7. The molecule has 3 aromatic rings. The Kier molecular flexibility index (Phi) is 8.01. The van der Waals surface area contributed by atoms with Crippen molar-refractivity contribution in [1.82, 2.24) is 19.9 Å². The summed E-state index contributed by atoms with van der Waals surface area (Å²) in [7, 11) is -3.11. The molecule has 1 aromatic carbocycles. The van der Waals surface area contributed by atoms with Gasteiger partial charge in [-0.2, -0.15) is 4.98 Å². The number of pyridine rings is 1. The Hall–Kier alpha value is -3.77. The third-order valence-electron chi connectivity index (χ3n) is 9.90. The van der Waals surface area contributed by atoms with Gasteiger partial charge in [0, 0.05) is 67.4 Å². The lowest BCUT2D eigenvalue weighted by atomic mass is 9.77. The summed E-state index contributed by atoms with van der Waals surface area (Å²) in [5.74, 6) is 1.92. The topological polar surface area (TPSA) is 132 Å². The fraction of sp³-hybridized carbons (Fsp3) is 0.515. The van der Waals surface area contributed by atoms with Gasteiger partial charge in [-0.15, -0.1) is 0 Å². The maximum Gasteiger partial charge on any atom is 0.246 e. The maximum atomic E-state index is 12.8. The third kappa shape index (κ3) is 6.22. The number of nitrogens with zero attached hydrogens (tertiary/aromatic N) is 6. The molecule has 0 aliphatic carbocycles. The third-order valence-corrected chi connectivity index (χ3v) is 10.9. The summed E-state index contributed by atoms with van der Waals surface area (Å²) < 4.78 is 24.2. The molecule has 1 amide bonds. The van der Waals surface area contributed by atoms with E-state index in [9.17, 15) is 18.3 Å². The standard InChI is InChI=1S/C33H43N7O4S/c1-6-30(41)39-15-7-8-26(39)23-9-10-27(40-20-22(32(40,2)3)21-45(5,43)44)25-19-35-29(18-24(23)25)36-28-11-14-34-31(37-28)38-16-12-33(4,42)13-17-38/h6,9-11,14,18-19,22,26,42H,1,7-8,12-13,15-17,20-21H2,2-5H3,(H,34,35,36,37)/t22-,26+/m1/s1. The number of hydrogen-bond donors (Lipinski definition) is 2. The number of sulfone groups is 1. The van der Waals surface area contributed by atoms with Crippen molar-refractivity contribution in [3.8, 4) is 0 Å². The highest BCUT2D eigenvalue weighted by atomic mass is 32.2. The molecule has 5 heterocycles. The van der Waals surface area contributed by atoms with E-state index in [1.165, 1.54) is 12.3 Å². The highest BCUT2D eigenvalue weighted by Gasteiger charge is 2.48. The first-order chi connectivity index (χ1) is 21.3. The van der Waals surface area contributed by atoms with Gasteiger partial charge in [0.25, 0.3) is 0 Å². The summed E-state index contributed by atoms with van der Waals surface area (Å²) in [6.45, 7) is 12.4. The van der Waals surface area contributed by atoms with Gasteiger partial charge in [0.15, 0.2) is 0 Å². The lowest BCUT2D eigenvalue weighted by Gasteiger charge is -2.57. The summed E-state index contributed by atoms with van der Waals surface area (Å²) in [5.41, 5.74) is 1.02. The molecule has 3 saturated heterocycles. The summed E-state index contributed by atoms with van der Waals surface area (Å²) in [4.78, 5) is 33.0. The molecule has 0 bridgehead atoms. The van der Waals surface area contributed by atoms with Crippen LogP contribution >= 0.6 is 0 Å². The number of piperidine rings is 1. The van der Waals surface area contributed by atoms with Crippen molar-refractivity contribution in [2.75, 3.05) is 53.3 Å². The van der Waals surface area contributed by atoms with Gasteiger partial charge in [0.05, 0.1) is 17.4 Å². The first kappa shape index (κ1) is 31.2. The minimum absolute atomic E-state index is 0.0182. The van der Waals surface area contributed by atoms with Gasteiger partial charge in [0.1, 0.15) is 21.5 Å². The highest BCUT2D eigenvalue weighted by Crippen LogP contribution is 2.46. The number of amides is 1. The molecule has 2 aromatic heterocycles. The summed E-state index contributed by atoms with van der Waals surface area (Å²) in [6, 6.07) is 7.93. The van der Waals surface area contributed by atoms with E-state index in [4.69, 9.17) is 9.97 Å². The molecule has 0 spiro atoms. The van der Waals surface area contributed by atoms with Crippen LogP contribution in [0.1, 0.15) is 58.1 Å². The Morgan fingerprint density at radius 2 is 1.87 bits per heavy atom. The number of benzene rings is 1. The van der Waals surface area contributed by atoms with Gasteiger partial charge in [-0.1, -0.05) is 12.6 Å². The number of fused-ring (bicyclic) bond motifs is 1. The zero-order valence-corrected chi connectivity index (χ0v) is 27.3. The maximum absolute atomic E-state index is 12.8. The Labute approximate surface area is 265 Å². The summed E-state index contributed by atoms with van der Waals surface area (Å²) in [6.07, 6.45) is 9.32. The molecule has 12 heteroatoms. The van der Waals surface area contributed by atoms with Crippen LogP contribution in [-0.2, 0) is 14.6 Å². The number of carbonyl (C=O) groups is 1. The second-order valence-corrected chi connectivity index (χ2v) is 15.8. The van der Waals surface area contributed by atoms with Crippen LogP contribution in [-0.4, -0.2) is 88.6 Å². The first-order valence-corrected chi connectivity index (χ1v) is 17.7. The Morgan fingerprint density at radius 1 is 1.11 bits per heavy atom. The average Bonchev–Trinajstić information content (AvgIpc) is 3.48. The van der Waals surface area contributed by atoms with E-state index < -0.39 is 15.4 Å². The van der Waals surface area contributed by atoms with E-state index in [2.05, 4.69) is 52.7 Å².